The van der Waals surface area contributed by atoms with Crippen LogP contribution in [-0.2, 0) is 28.8 Å². The summed E-state index contributed by atoms with van der Waals surface area (Å²) >= 11 is 0. The molecule has 0 saturated heterocycles. The van der Waals surface area contributed by atoms with Crippen LogP contribution in [0, 0.1) is 11.8 Å². The van der Waals surface area contributed by atoms with Gasteiger partial charge in [-0.05, 0) is 18.3 Å². The van der Waals surface area contributed by atoms with Gasteiger partial charge in [-0.15, -0.1) is 0 Å². The Labute approximate surface area is 191 Å². The summed E-state index contributed by atoms with van der Waals surface area (Å²) in [6.45, 7) is 6.62. The molecule has 0 bridgehead atoms. The molecule has 188 valence electrons. The van der Waals surface area contributed by atoms with Gasteiger partial charge in [-0.3, -0.25) is 24.0 Å². The van der Waals surface area contributed by atoms with Crippen molar-refractivity contribution in [3.8, 4) is 0 Å². The monoisotopic (exact) mass is 474 g/mol. The number of nitrogens with one attached hydrogen (secondary N) is 3. The Balaban J connectivity index is 5.66. The van der Waals surface area contributed by atoms with E-state index in [1.807, 2.05) is 0 Å². The Morgan fingerprint density at radius 2 is 1.30 bits per heavy atom. The predicted octanol–water partition coefficient (Wildman–Crippen LogP) is -1.11. The lowest BCUT2D eigenvalue weighted by Gasteiger charge is -2.26. The molecule has 0 rings (SSSR count). The van der Waals surface area contributed by atoms with Gasteiger partial charge in [-0.25, -0.2) is 4.79 Å². The number of aliphatic carboxylic acids is 3. The lowest BCUT2D eigenvalue weighted by atomic mass is 9.98. The summed E-state index contributed by atoms with van der Waals surface area (Å²) in [5.74, 6) is -7.53. The predicted molar refractivity (Wildman–Crippen MR) is 115 cm³/mol. The molecule has 0 heterocycles. The van der Waals surface area contributed by atoms with E-state index in [4.69, 9.17) is 15.9 Å². The molecule has 0 saturated carbocycles. The van der Waals surface area contributed by atoms with E-state index in [2.05, 4.69) is 16.0 Å². The van der Waals surface area contributed by atoms with E-state index < -0.39 is 78.6 Å². The third-order valence-corrected chi connectivity index (χ3v) is 5.09. The van der Waals surface area contributed by atoms with E-state index in [0.717, 1.165) is 0 Å². The number of carboxylic acid groups (broad SMARTS) is 3. The second kappa shape index (κ2) is 14.0. The first-order valence-corrected chi connectivity index (χ1v) is 10.5. The van der Waals surface area contributed by atoms with E-state index in [0.29, 0.717) is 6.42 Å². The normalized spacial score (nSPS) is 15.5. The first-order valence-electron chi connectivity index (χ1n) is 10.5. The van der Waals surface area contributed by atoms with Crippen LogP contribution in [0.1, 0.15) is 53.4 Å². The average molecular weight is 475 g/mol. The number of nitrogens with two attached hydrogens (primary N) is 1. The third-order valence-electron chi connectivity index (χ3n) is 5.09. The van der Waals surface area contributed by atoms with Crippen molar-refractivity contribution in [2.24, 2.45) is 17.6 Å². The highest BCUT2D eigenvalue weighted by Crippen LogP contribution is 2.10. The maximum absolute atomic E-state index is 12.7. The largest absolute Gasteiger partial charge is 0.481 e. The van der Waals surface area contributed by atoms with Crippen LogP contribution in [0.5, 0.6) is 0 Å². The molecule has 0 spiro atoms. The minimum atomic E-state index is -1.59. The van der Waals surface area contributed by atoms with Crippen LogP contribution in [0.2, 0.25) is 0 Å². The molecule has 0 aromatic rings. The number of amides is 3. The van der Waals surface area contributed by atoms with Crippen molar-refractivity contribution in [2.75, 3.05) is 0 Å². The van der Waals surface area contributed by atoms with E-state index in [1.165, 1.54) is 0 Å². The van der Waals surface area contributed by atoms with Crippen LogP contribution in [0.4, 0.5) is 0 Å². The number of carbonyl (C=O) groups excluding carboxylic acids is 3. The van der Waals surface area contributed by atoms with Crippen LogP contribution >= 0.6 is 0 Å². The van der Waals surface area contributed by atoms with Gasteiger partial charge in [-0.1, -0.05) is 34.1 Å². The summed E-state index contributed by atoms with van der Waals surface area (Å²) in [4.78, 5) is 71.2. The molecular weight excluding hydrogens is 440 g/mol. The average Bonchev–Trinajstić information content (AvgIpc) is 2.71. The van der Waals surface area contributed by atoms with Gasteiger partial charge in [0, 0.05) is 6.42 Å². The zero-order chi connectivity index (χ0) is 25.9. The van der Waals surface area contributed by atoms with Gasteiger partial charge in [-0.2, -0.15) is 0 Å². The van der Waals surface area contributed by atoms with Crippen molar-refractivity contribution in [2.45, 2.75) is 77.5 Å². The Morgan fingerprint density at radius 3 is 1.73 bits per heavy atom. The molecule has 0 radical (unpaired) electrons. The standard InChI is InChI=1S/C20H34N4O9/c1-5-10(4)16(20(32)33)24-17(29)11(6-7-13(25)26)22-18(30)12(8-14(27)28)23-19(31)15(21)9(2)3/h9-12,15-16H,5-8,21H2,1-4H3,(H,22,30)(H,23,31)(H,24,29)(H,25,26)(H,27,28)(H,32,33). The SMILES string of the molecule is CCC(C)C(NC(=O)C(CCC(=O)O)NC(=O)C(CC(=O)O)NC(=O)C(N)C(C)C)C(=O)O. The van der Waals surface area contributed by atoms with Crippen molar-refractivity contribution in [1.82, 2.24) is 16.0 Å². The van der Waals surface area contributed by atoms with Crippen molar-refractivity contribution in [3.05, 3.63) is 0 Å². The van der Waals surface area contributed by atoms with Gasteiger partial charge in [0.15, 0.2) is 0 Å². The fourth-order valence-electron chi connectivity index (χ4n) is 2.70. The van der Waals surface area contributed by atoms with Crippen LogP contribution in [-0.4, -0.2) is 75.1 Å². The summed E-state index contributed by atoms with van der Waals surface area (Å²) in [6, 6.07) is -5.38. The summed E-state index contributed by atoms with van der Waals surface area (Å²) in [5.41, 5.74) is 5.72. The maximum atomic E-state index is 12.7. The molecule has 5 unspecified atom stereocenters. The first-order chi connectivity index (χ1) is 15.2. The van der Waals surface area contributed by atoms with Crippen molar-refractivity contribution >= 4 is 35.6 Å². The van der Waals surface area contributed by atoms with Crippen LogP contribution in [0.15, 0.2) is 0 Å². The lowest BCUT2D eigenvalue weighted by molar-refractivity contribution is -0.145. The molecule has 0 aliphatic carbocycles. The molecule has 0 aromatic heterocycles. The number of rotatable bonds is 15. The highest BCUT2D eigenvalue weighted by Gasteiger charge is 2.33. The molecular formula is C20H34N4O9. The third kappa shape index (κ3) is 10.8. The van der Waals surface area contributed by atoms with Gasteiger partial charge < -0.3 is 37.0 Å². The van der Waals surface area contributed by atoms with Gasteiger partial charge in [0.2, 0.25) is 17.7 Å². The zero-order valence-corrected chi connectivity index (χ0v) is 19.2. The number of hydrogen-bond acceptors (Lipinski definition) is 7. The second-order valence-corrected chi connectivity index (χ2v) is 8.13. The minimum absolute atomic E-state index is 0.305. The summed E-state index contributed by atoms with van der Waals surface area (Å²) in [5, 5.41) is 34.1. The fourth-order valence-corrected chi connectivity index (χ4v) is 2.70. The molecule has 0 aromatic carbocycles. The topological polar surface area (TPSA) is 225 Å². The Bertz CT molecular complexity index is 741. The van der Waals surface area contributed by atoms with Crippen molar-refractivity contribution in [3.63, 3.8) is 0 Å². The molecule has 33 heavy (non-hydrogen) atoms. The molecule has 5 atom stereocenters. The molecule has 13 nitrogen and oxygen atoms in total. The van der Waals surface area contributed by atoms with E-state index in [9.17, 15) is 33.9 Å². The van der Waals surface area contributed by atoms with Gasteiger partial charge in [0.25, 0.3) is 0 Å². The number of carboxylic acids is 3. The van der Waals surface area contributed by atoms with Gasteiger partial charge in [0.05, 0.1) is 12.5 Å². The highest BCUT2D eigenvalue weighted by atomic mass is 16.4. The maximum Gasteiger partial charge on any atom is 0.326 e. The fraction of sp³-hybridized carbons (Fsp3) is 0.700. The van der Waals surface area contributed by atoms with Crippen LogP contribution < -0.4 is 21.7 Å². The zero-order valence-electron chi connectivity index (χ0n) is 19.2. The number of carbonyl (C=O) groups is 6. The van der Waals surface area contributed by atoms with Crippen molar-refractivity contribution in [1.29, 1.82) is 0 Å². The molecule has 0 aliphatic rings. The molecule has 3 amide bonds. The Hall–Kier alpha value is -3.22. The Kier molecular flexibility index (Phi) is 12.7. The van der Waals surface area contributed by atoms with E-state index in [-0.39, 0.29) is 12.3 Å². The van der Waals surface area contributed by atoms with Crippen LogP contribution in [0.25, 0.3) is 0 Å². The van der Waals surface area contributed by atoms with E-state index >= 15 is 0 Å². The van der Waals surface area contributed by atoms with Crippen molar-refractivity contribution < 1.29 is 44.1 Å². The smallest absolute Gasteiger partial charge is 0.326 e. The quantitative estimate of drug-likeness (QED) is 0.151. The van der Waals surface area contributed by atoms with Gasteiger partial charge >= 0.3 is 17.9 Å². The summed E-state index contributed by atoms with van der Waals surface area (Å²) < 4.78 is 0. The summed E-state index contributed by atoms with van der Waals surface area (Å²) in [7, 11) is 0. The number of hydrogen-bond donors (Lipinski definition) is 7. The molecule has 13 heteroatoms. The van der Waals surface area contributed by atoms with Gasteiger partial charge in [0.1, 0.15) is 18.1 Å². The van der Waals surface area contributed by atoms with Crippen LogP contribution in [0.3, 0.4) is 0 Å². The molecule has 0 aliphatic heterocycles. The highest BCUT2D eigenvalue weighted by molar-refractivity contribution is 5.95. The lowest BCUT2D eigenvalue weighted by Crippen LogP contribution is -2.58. The van der Waals surface area contributed by atoms with E-state index in [1.54, 1.807) is 27.7 Å². The molecule has 8 N–H and O–H groups in total. The second-order valence-electron chi connectivity index (χ2n) is 8.13. The summed E-state index contributed by atoms with van der Waals surface area (Å²) in [6.07, 6.45) is -1.32. The molecule has 0 fully saturated rings. The minimum Gasteiger partial charge on any atom is -0.481 e. The Morgan fingerprint density at radius 1 is 0.788 bits per heavy atom. The first kappa shape index (κ1) is 29.8.